The molecular formula is C32H43N5O6. The van der Waals surface area contributed by atoms with Crippen LogP contribution in [0.3, 0.4) is 0 Å². The van der Waals surface area contributed by atoms with Gasteiger partial charge < -0.3 is 29.0 Å². The minimum absolute atomic E-state index is 0.0217. The monoisotopic (exact) mass is 593 g/mol. The molecule has 0 saturated carbocycles. The summed E-state index contributed by atoms with van der Waals surface area (Å²) < 4.78 is 13.4. The molecule has 0 unspecified atom stereocenters. The van der Waals surface area contributed by atoms with Crippen LogP contribution >= 0.6 is 0 Å². The van der Waals surface area contributed by atoms with Crippen LogP contribution in [0.2, 0.25) is 0 Å². The van der Waals surface area contributed by atoms with Crippen LogP contribution in [0.4, 0.5) is 0 Å². The number of pyridine rings is 1. The molecular weight excluding hydrogens is 550 g/mol. The molecule has 3 aromatic rings. The van der Waals surface area contributed by atoms with E-state index < -0.39 is 17.6 Å². The number of piperidine rings is 1. The first-order chi connectivity index (χ1) is 20.5. The molecule has 1 fully saturated rings. The van der Waals surface area contributed by atoms with Crippen molar-refractivity contribution in [2.45, 2.75) is 76.4 Å². The third-order valence-electron chi connectivity index (χ3n) is 8.38. The Balaban J connectivity index is 1.54. The van der Waals surface area contributed by atoms with Gasteiger partial charge in [-0.25, -0.2) is 4.98 Å². The number of benzene rings is 1. The fourth-order valence-electron chi connectivity index (χ4n) is 5.48. The highest BCUT2D eigenvalue weighted by Crippen LogP contribution is 2.35. The molecule has 1 aliphatic heterocycles. The van der Waals surface area contributed by atoms with E-state index in [0.29, 0.717) is 73.7 Å². The van der Waals surface area contributed by atoms with E-state index in [0.717, 1.165) is 24.6 Å². The molecule has 11 nitrogen and oxygen atoms in total. The van der Waals surface area contributed by atoms with Gasteiger partial charge in [0.2, 0.25) is 5.89 Å². The lowest BCUT2D eigenvalue weighted by molar-refractivity contribution is -0.119. The van der Waals surface area contributed by atoms with Crippen LogP contribution in [0.15, 0.2) is 39.7 Å². The number of aliphatic hydroxyl groups is 1. The van der Waals surface area contributed by atoms with Crippen LogP contribution in [0, 0.1) is 5.41 Å². The number of amides is 1. The van der Waals surface area contributed by atoms with Crippen molar-refractivity contribution < 1.29 is 23.8 Å². The number of hydrogen-bond acceptors (Lipinski definition) is 9. The maximum Gasteiger partial charge on any atom is 0.265 e. The molecule has 2 aromatic heterocycles. The lowest BCUT2D eigenvalue weighted by Gasteiger charge is -2.36. The average molecular weight is 594 g/mol. The van der Waals surface area contributed by atoms with Crippen molar-refractivity contribution in [1.29, 1.82) is 5.41 Å². The smallest absolute Gasteiger partial charge is 0.265 e. The summed E-state index contributed by atoms with van der Waals surface area (Å²) >= 11 is 0. The SMILES string of the molecule is CCC(=O)CCCCC[C@H](NC(=O)C(=N)CC1(O)CCN(C)CC1)c1ncc(-c2cc3ccc(=O)n(C)c3cc2OC)o1. The molecule has 1 atom stereocenters. The van der Waals surface area contributed by atoms with Gasteiger partial charge in [-0.3, -0.25) is 19.8 Å². The summed E-state index contributed by atoms with van der Waals surface area (Å²) in [4.78, 5) is 43.6. The fourth-order valence-corrected chi connectivity index (χ4v) is 5.48. The molecule has 1 amide bonds. The molecule has 0 bridgehead atoms. The number of oxazole rings is 1. The zero-order valence-corrected chi connectivity index (χ0v) is 25.6. The van der Waals surface area contributed by atoms with E-state index in [1.165, 1.54) is 6.07 Å². The summed E-state index contributed by atoms with van der Waals surface area (Å²) in [6.45, 7) is 3.28. The van der Waals surface area contributed by atoms with Crippen LogP contribution in [0.25, 0.3) is 22.2 Å². The highest BCUT2D eigenvalue weighted by atomic mass is 16.5. The van der Waals surface area contributed by atoms with Gasteiger partial charge in [-0.1, -0.05) is 19.8 Å². The number of carbonyl (C=O) groups excluding carboxylic acids is 2. The summed E-state index contributed by atoms with van der Waals surface area (Å²) in [5.41, 5.74) is -0.0271. The van der Waals surface area contributed by atoms with Crippen molar-refractivity contribution in [1.82, 2.24) is 19.8 Å². The summed E-state index contributed by atoms with van der Waals surface area (Å²) in [7, 11) is 5.23. The van der Waals surface area contributed by atoms with Gasteiger partial charge in [-0.05, 0) is 50.2 Å². The number of fused-ring (bicyclic) bond motifs is 1. The number of ketones is 1. The predicted octanol–water partition coefficient (Wildman–Crippen LogP) is 4.16. The van der Waals surface area contributed by atoms with Crippen molar-refractivity contribution >= 4 is 28.3 Å². The Morgan fingerprint density at radius 1 is 1.19 bits per heavy atom. The third-order valence-corrected chi connectivity index (χ3v) is 8.38. The summed E-state index contributed by atoms with van der Waals surface area (Å²) in [5.74, 6) is 0.896. The Bertz CT molecular complexity index is 1520. The van der Waals surface area contributed by atoms with Crippen LogP contribution in [0.1, 0.15) is 76.6 Å². The average Bonchev–Trinajstić information content (AvgIpc) is 3.49. The molecule has 3 heterocycles. The number of aryl methyl sites for hydroxylation is 1. The summed E-state index contributed by atoms with van der Waals surface area (Å²) in [6.07, 6.45) is 6.40. The van der Waals surface area contributed by atoms with Crippen LogP contribution < -0.4 is 15.6 Å². The van der Waals surface area contributed by atoms with Gasteiger partial charge >= 0.3 is 0 Å². The number of likely N-dealkylation sites (tertiary alicyclic amines) is 1. The van der Waals surface area contributed by atoms with Gasteiger partial charge in [-0.2, -0.15) is 0 Å². The zero-order chi connectivity index (χ0) is 31.1. The number of ether oxygens (including phenoxy) is 1. The Labute approximate surface area is 251 Å². The molecule has 4 rings (SSSR count). The molecule has 0 radical (unpaired) electrons. The number of aromatic nitrogens is 2. The minimum Gasteiger partial charge on any atom is -0.496 e. The number of rotatable bonds is 14. The fraction of sp³-hybridized carbons (Fsp3) is 0.531. The number of nitrogens with one attached hydrogen (secondary N) is 2. The van der Waals surface area contributed by atoms with Crippen molar-refractivity contribution in [2.24, 2.45) is 7.05 Å². The lowest BCUT2D eigenvalue weighted by atomic mass is 9.86. The number of unbranched alkanes of at least 4 members (excludes halogenated alkanes) is 2. The first-order valence-corrected chi connectivity index (χ1v) is 15.0. The minimum atomic E-state index is -1.07. The second-order valence-electron chi connectivity index (χ2n) is 11.6. The van der Waals surface area contributed by atoms with E-state index in [1.807, 2.05) is 20.0 Å². The van der Waals surface area contributed by atoms with Crippen LogP contribution in [-0.2, 0) is 16.6 Å². The van der Waals surface area contributed by atoms with Crippen LogP contribution in [-0.4, -0.2) is 69.8 Å². The quantitative estimate of drug-likeness (QED) is 0.186. The number of carbonyl (C=O) groups is 2. The highest BCUT2D eigenvalue weighted by molar-refractivity contribution is 6.37. The van der Waals surface area contributed by atoms with Crippen LogP contribution in [0.5, 0.6) is 5.75 Å². The Morgan fingerprint density at radius 2 is 1.93 bits per heavy atom. The van der Waals surface area contributed by atoms with Gasteiger partial charge in [0.25, 0.3) is 11.5 Å². The van der Waals surface area contributed by atoms with E-state index in [9.17, 15) is 19.5 Å². The lowest BCUT2D eigenvalue weighted by Crippen LogP contribution is -2.46. The number of methoxy groups -OCH3 is 1. The second-order valence-corrected chi connectivity index (χ2v) is 11.6. The van der Waals surface area contributed by atoms with E-state index in [1.54, 1.807) is 37.1 Å². The molecule has 11 heteroatoms. The number of nitrogens with zero attached hydrogens (tertiary/aromatic N) is 3. The summed E-state index contributed by atoms with van der Waals surface area (Å²) in [5, 5.41) is 23.2. The maximum absolute atomic E-state index is 13.2. The molecule has 0 spiro atoms. The van der Waals surface area contributed by atoms with E-state index in [-0.39, 0.29) is 23.5 Å². The maximum atomic E-state index is 13.2. The van der Waals surface area contributed by atoms with E-state index in [4.69, 9.17) is 14.6 Å². The standard InChI is InChI=1S/C32H43N5O6/c1-5-22(38)9-7-6-8-10-25(35-30(40)24(33)19-32(41)13-15-36(2)16-14-32)31-34-20-28(43-31)23-17-21-11-12-29(39)37(3)26(21)18-27(23)42-4/h11-12,17-18,20,25,33,41H,5-10,13-16,19H2,1-4H3,(H,35,40)/t25-/m0/s1. The van der Waals surface area contributed by atoms with Gasteiger partial charge in [0.15, 0.2) is 5.76 Å². The molecule has 43 heavy (non-hydrogen) atoms. The van der Waals surface area contributed by atoms with Crippen molar-refractivity contribution in [3.63, 3.8) is 0 Å². The van der Waals surface area contributed by atoms with Gasteiger partial charge in [0, 0.05) is 51.5 Å². The van der Waals surface area contributed by atoms with Crippen molar-refractivity contribution in [2.75, 3.05) is 27.2 Å². The number of hydrogen-bond donors (Lipinski definition) is 3. The normalized spacial score (nSPS) is 15.7. The number of Topliss-reactive ketones (excluding diaryl/α,β-unsaturated/α-hetero) is 1. The van der Waals surface area contributed by atoms with E-state index >= 15 is 0 Å². The molecule has 1 saturated heterocycles. The third kappa shape index (κ3) is 7.97. The van der Waals surface area contributed by atoms with Gasteiger partial charge in [-0.15, -0.1) is 0 Å². The Morgan fingerprint density at radius 3 is 2.63 bits per heavy atom. The molecule has 1 aliphatic rings. The van der Waals surface area contributed by atoms with Gasteiger partial charge in [0.1, 0.15) is 17.6 Å². The van der Waals surface area contributed by atoms with E-state index in [2.05, 4.69) is 15.2 Å². The largest absolute Gasteiger partial charge is 0.496 e. The Kier molecular flexibility index (Phi) is 10.5. The van der Waals surface area contributed by atoms with Crippen molar-refractivity contribution in [3.05, 3.63) is 46.7 Å². The first-order valence-electron chi connectivity index (χ1n) is 15.0. The molecule has 3 N–H and O–H groups in total. The molecule has 1 aromatic carbocycles. The summed E-state index contributed by atoms with van der Waals surface area (Å²) in [6, 6.07) is 6.28. The highest BCUT2D eigenvalue weighted by Gasteiger charge is 2.34. The Hall–Kier alpha value is -3.83. The molecule has 0 aliphatic carbocycles. The molecule has 232 valence electrons. The second kappa shape index (κ2) is 14.1. The zero-order valence-electron chi connectivity index (χ0n) is 25.6. The topological polar surface area (TPSA) is 151 Å². The van der Waals surface area contributed by atoms with Crippen molar-refractivity contribution in [3.8, 4) is 17.1 Å². The predicted molar refractivity (Wildman–Crippen MR) is 165 cm³/mol. The first kappa shape index (κ1) is 32.1. The van der Waals surface area contributed by atoms with Gasteiger partial charge in [0.05, 0.1) is 35.7 Å².